The Bertz CT molecular complexity index is 651. The largest absolute Gasteiger partial charge is 0.445 e. The van der Waals surface area contributed by atoms with E-state index in [1.54, 1.807) is 17.0 Å². The Morgan fingerprint density at radius 1 is 1.16 bits per heavy atom. The number of nitro groups is 1. The smallest absolute Gasteiger partial charge is 0.407 e. The molecule has 2 aliphatic heterocycles. The Hall–Kier alpha value is -2.84. The van der Waals surface area contributed by atoms with Crippen molar-refractivity contribution >= 4 is 17.8 Å². The summed E-state index contributed by atoms with van der Waals surface area (Å²) in [5, 5.41) is 13.3. The molecule has 3 rings (SSSR count). The Morgan fingerprint density at radius 2 is 1.80 bits per heavy atom. The Kier molecular flexibility index (Phi) is 5.01. The lowest BCUT2D eigenvalue weighted by Gasteiger charge is -2.41. The van der Waals surface area contributed by atoms with Crippen molar-refractivity contribution in [3.05, 3.63) is 39.9 Å². The van der Waals surface area contributed by atoms with Crippen LogP contribution in [0.4, 0.5) is 15.3 Å². The van der Waals surface area contributed by atoms with Crippen LogP contribution in [-0.4, -0.2) is 59.1 Å². The average molecular weight is 348 g/mol. The molecular weight excluding hydrogens is 328 g/mol. The van der Waals surface area contributed by atoms with Gasteiger partial charge in [0.25, 0.3) is 5.69 Å². The van der Waals surface area contributed by atoms with Crippen LogP contribution < -0.4 is 5.32 Å². The minimum atomic E-state index is -0.559. The van der Waals surface area contributed by atoms with Crippen LogP contribution in [0.25, 0.3) is 0 Å². The van der Waals surface area contributed by atoms with Gasteiger partial charge in [0.05, 0.1) is 11.0 Å². The molecule has 1 aromatic carbocycles. The number of carbonyl (C=O) groups excluding carboxylic acids is 2. The number of ether oxygens (including phenoxy) is 1. The zero-order valence-corrected chi connectivity index (χ0v) is 13.7. The lowest BCUT2D eigenvalue weighted by Crippen LogP contribution is -2.63. The summed E-state index contributed by atoms with van der Waals surface area (Å²) in [6.07, 6.45) is 1.54. The normalized spacial score (nSPS) is 17.1. The van der Waals surface area contributed by atoms with Gasteiger partial charge in [-0.25, -0.2) is 9.59 Å². The standard InChI is InChI=1S/C16H20N4O5/c21-15(25-11-12-3-5-14(6-4-12)20(23)24)17-13-9-19(10-13)16(22)18-7-1-2-8-18/h3-6,13H,1-2,7-11H2,(H,17,21). The number of benzene rings is 1. The highest BCUT2D eigenvalue weighted by Crippen LogP contribution is 2.16. The van der Waals surface area contributed by atoms with Gasteiger partial charge in [-0.05, 0) is 30.5 Å². The Morgan fingerprint density at radius 3 is 2.40 bits per heavy atom. The van der Waals surface area contributed by atoms with E-state index >= 15 is 0 Å². The number of urea groups is 1. The lowest BCUT2D eigenvalue weighted by atomic mass is 10.1. The van der Waals surface area contributed by atoms with Crippen LogP contribution >= 0.6 is 0 Å². The molecule has 0 radical (unpaired) electrons. The second kappa shape index (κ2) is 7.37. The number of nitrogens with zero attached hydrogens (tertiary/aromatic N) is 3. The van der Waals surface area contributed by atoms with Crippen LogP contribution in [0.15, 0.2) is 24.3 Å². The molecule has 1 N–H and O–H groups in total. The van der Waals surface area contributed by atoms with Crippen molar-refractivity contribution in [3.63, 3.8) is 0 Å². The van der Waals surface area contributed by atoms with Gasteiger partial charge in [0.2, 0.25) is 0 Å². The van der Waals surface area contributed by atoms with Crippen LogP contribution in [0, 0.1) is 10.1 Å². The summed E-state index contributed by atoms with van der Waals surface area (Å²) in [7, 11) is 0. The van der Waals surface area contributed by atoms with Crippen LogP contribution in [-0.2, 0) is 11.3 Å². The molecule has 0 saturated carbocycles. The van der Waals surface area contributed by atoms with Gasteiger partial charge >= 0.3 is 12.1 Å². The highest BCUT2D eigenvalue weighted by Gasteiger charge is 2.35. The summed E-state index contributed by atoms with van der Waals surface area (Å²) in [6.45, 7) is 2.63. The van der Waals surface area contributed by atoms with E-state index in [-0.39, 0.29) is 24.4 Å². The molecule has 0 atom stereocenters. The van der Waals surface area contributed by atoms with Crippen LogP contribution in [0.5, 0.6) is 0 Å². The first kappa shape index (κ1) is 17.0. The van der Waals surface area contributed by atoms with Gasteiger partial charge < -0.3 is 19.9 Å². The topological polar surface area (TPSA) is 105 Å². The molecule has 0 spiro atoms. The minimum Gasteiger partial charge on any atom is -0.445 e. The second-order valence-electron chi connectivity index (χ2n) is 6.22. The maximum absolute atomic E-state index is 12.1. The number of carbonyl (C=O) groups is 2. The molecule has 2 heterocycles. The summed E-state index contributed by atoms with van der Waals surface area (Å²) >= 11 is 0. The molecule has 2 fully saturated rings. The molecule has 2 aliphatic rings. The number of nitro benzene ring substituents is 1. The van der Waals surface area contributed by atoms with Gasteiger partial charge in [-0.3, -0.25) is 10.1 Å². The molecule has 134 valence electrons. The maximum Gasteiger partial charge on any atom is 0.407 e. The van der Waals surface area contributed by atoms with E-state index in [0.29, 0.717) is 18.7 Å². The van der Waals surface area contributed by atoms with Crippen molar-refractivity contribution in [2.45, 2.75) is 25.5 Å². The zero-order chi connectivity index (χ0) is 17.8. The molecule has 3 amide bonds. The van der Waals surface area contributed by atoms with Crippen molar-refractivity contribution in [3.8, 4) is 0 Å². The van der Waals surface area contributed by atoms with Crippen LogP contribution in [0.2, 0.25) is 0 Å². The fraction of sp³-hybridized carbons (Fsp3) is 0.500. The SMILES string of the molecule is O=C(NC1CN(C(=O)N2CCCC2)C1)OCc1ccc([N+](=O)[O-])cc1. The molecule has 1 aromatic rings. The molecule has 25 heavy (non-hydrogen) atoms. The summed E-state index contributed by atoms with van der Waals surface area (Å²) in [4.78, 5) is 37.5. The monoisotopic (exact) mass is 348 g/mol. The fourth-order valence-electron chi connectivity index (χ4n) is 2.91. The summed E-state index contributed by atoms with van der Waals surface area (Å²) in [5.41, 5.74) is 0.658. The van der Waals surface area contributed by atoms with Gasteiger partial charge in [0.1, 0.15) is 6.61 Å². The number of likely N-dealkylation sites (tertiary alicyclic amines) is 2. The number of amides is 3. The molecule has 9 nitrogen and oxygen atoms in total. The zero-order valence-electron chi connectivity index (χ0n) is 13.7. The fourth-order valence-corrected chi connectivity index (χ4v) is 2.91. The number of hydrogen-bond donors (Lipinski definition) is 1. The van der Waals surface area contributed by atoms with Crippen LogP contribution in [0.1, 0.15) is 18.4 Å². The third-order valence-corrected chi connectivity index (χ3v) is 4.37. The molecular formula is C16H20N4O5. The summed E-state index contributed by atoms with van der Waals surface area (Å²) in [6, 6.07) is 5.76. The third-order valence-electron chi connectivity index (χ3n) is 4.37. The highest BCUT2D eigenvalue weighted by molar-refractivity contribution is 5.76. The minimum absolute atomic E-state index is 0.00886. The second-order valence-corrected chi connectivity index (χ2v) is 6.22. The van der Waals surface area contributed by atoms with E-state index in [1.165, 1.54) is 12.1 Å². The Balaban J connectivity index is 1.36. The first-order valence-electron chi connectivity index (χ1n) is 8.23. The van der Waals surface area contributed by atoms with E-state index in [0.717, 1.165) is 25.9 Å². The number of hydrogen-bond acceptors (Lipinski definition) is 5. The molecule has 0 unspecified atom stereocenters. The maximum atomic E-state index is 12.1. The van der Waals surface area contributed by atoms with Crippen molar-refractivity contribution in [2.24, 2.45) is 0 Å². The van der Waals surface area contributed by atoms with E-state index in [4.69, 9.17) is 4.74 Å². The van der Waals surface area contributed by atoms with E-state index in [9.17, 15) is 19.7 Å². The van der Waals surface area contributed by atoms with Crippen molar-refractivity contribution in [2.75, 3.05) is 26.2 Å². The van der Waals surface area contributed by atoms with Crippen LogP contribution in [0.3, 0.4) is 0 Å². The van der Waals surface area contributed by atoms with Crippen molar-refractivity contribution < 1.29 is 19.2 Å². The van der Waals surface area contributed by atoms with E-state index in [2.05, 4.69) is 5.32 Å². The average Bonchev–Trinajstić information content (AvgIpc) is 3.10. The van der Waals surface area contributed by atoms with E-state index < -0.39 is 11.0 Å². The van der Waals surface area contributed by atoms with Crippen molar-refractivity contribution in [1.29, 1.82) is 0 Å². The van der Waals surface area contributed by atoms with E-state index in [1.807, 2.05) is 4.90 Å². The molecule has 9 heteroatoms. The summed E-state index contributed by atoms with van der Waals surface area (Å²) < 4.78 is 5.10. The highest BCUT2D eigenvalue weighted by atomic mass is 16.6. The van der Waals surface area contributed by atoms with Gasteiger partial charge in [0, 0.05) is 38.3 Å². The molecule has 0 aliphatic carbocycles. The van der Waals surface area contributed by atoms with Crippen molar-refractivity contribution in [1.82, 2.24) is 15.1 Å². The van der Waals surface area contributed by atoms with Gasteiger partial charge in [-0.1, -0.05) is 0 Å². The number of rotatable bonds is 4. The van der Waals surface area contributed by atoms with Gasteiger partial charge in [-0.15, -0.1) is 0 Å². The first-order valence-corrected chi connectivity index (χ1v) is 8.23. The van der Waals surface area contributed by atoms with Gasteiger partial charge in [-0.2, -0.15) is 0 Å². The number of nitrogens with one attached hydrogen (secondary N) is 1. The molecule has 2 saturated heterocycles. The predicted molar refractivity (Wildman–Crippen MR) is 88.0 cm³/mol. The molecule has 0 bridgehead atoms. The van der Waals surface area contributed by atoms with Gasteiger partial charge in [0.15, 0.2) is 0 Å². The molecule has 0 aromatic heterocycles. The summed E-state index contributed by atoms with van der Waals surface area (Å²) in [5.74, 6) is 0. The lowest BCUT2D eigenvalue weighted by molar-refractivity contribution is -0.384. The predicted octanol–water partition coefficient (Wildman–Crippen LogP) is 1.72. The number of alkyl carbamates (subject to hydrolysis) is 1. The Labute approximate surface area is 144 Å². The first-order chi connectivity index (χ1) is 12.0. The quantitative estimate of drug-likeness (QED) is 0.659. The number of non-ortho nitro benzene ring substituents is 1. The third kappa shape index (κ3) is 4.17.